The average Bonchev–Trinajstić information content (AvgIpc) is 2.40. The van der Waals surface area contributed by atoms with E-state index in [1.807, 2.05) is 14.2 Å². The van der Waals surface area contributed by atoms with Gasteiger partial charge in [0.15, 0.2) is 0 Å². The van der Waals surface area contributed by atoms with Gasteiger partial charge in [0.1, 0.15) is 0 Å². The maximum Gasteiger partial charge on any atom is 0.0698 e. The van der Waals surface area contributed by atoms with Gasteiger partial charge in [0, 0.05) is 32.7 Å². The van der Waals surface area contributed by atoms with Crippen molar-refractivity contribution in [2.75, 3.05) is 53.6 Å². The molecule has 1 atom stereocenters. The summed E-state index contributed by atoms with van der Waals surface area (Å²) in [6, 6.07) is 0. The van der Waals surface area contributed by atoms with Crippen molar-refractivity contribution >= 4 is 0 Å². The third-order valence-electron chi connectivity index (χ3n) is 4.47. The lowest BCUT2D eigenvalue weighted by Gasteiger charge is -2.43. The van der Waals surface area contributed by atoms with Gasteiger partial charge in [0.25, 0.3) is 0 Å². The lowest BCUT2D eigenvalue weighted by molar-refractivity contribution is -0.0162. The molecule has 0 aromatic carbocycles. The Morgan fingerprint density at radius 1 is 1.28 bits per heavy atom. The molecule has 2 fully saturated rings. The van der Waals surface area contributed by atoms with E-state index in [9.17, 15) is 0 Å². The highest BCUT2D eigenvalue weighted by molar-refractivity contribution is 4.89. The summed E-state index contributed by atoms with van der Waals surface area (Å²) < 4.78 is 11.0. The Hall–Kier alpha value is -0.160. The summed E-state index contributed by atoms with van der Waals surface area (Å²) in [5.74, 6) is 0. The number of likely N-dealkylation sites (tertiary alicyclic amines) is 1. The number of nitrogens with zero attached hydrogens (tertiary/aromatic N) is 1. The van der Waals surface area contributed by atoms with E-state index in [-0.39, 0.29) is 0 Å². The first-order valence-electron chi connectivity index (χ1n) is 7.23. The summed E-state index contributed by atoms with van der Waals surface area (Å²) in [5, 5.41) is 3.46. The fourth-order valence-electron chi connectivity index (χ4n) is 3.43. The van der Waals surface area contributed by atoms with Crippen LogP contribution < -0.4 is 5.32 Å². The number of hydrogen-bond acceptors (Lipinski definition) is 4. The van der Waals surface area contributed by atoms with Gasteiger partial charge in [-0.3, -0.25) is 0 Å². The van der Waals surface area contributed by atoms with Gasteiger partial charge in [0.2, 0.25) is 0 Å². The van der Waals surface area contributed by atoms with Crippen LogP contribution in [0.15, 0.2) is 0 Å². The van der Waals surface area contributed by atoms with Gasteiger partial charge in [-0.05, 0) is 45.3 Å². The molecule has 2 saturated heterocycles. The highest BCUT2D eigenvalue weighted by Gasteiger charge is 2.35. The molecule has 0 radical (unpaired) electrons. The molecule has 1 unspecified atom stereocenters. The van der Waals surface area contributed by atoms with E-state index in [0.717, 1.165) is 26.2 Å². The van der Waals surface area contributed by atoms with E-state index < -0.39 is 0 Å². The minimum atomic E-state index is 0.357. The fraction of sp³-hybridized carbons (Fsp3) is 1.00. The van der Waals surface area contributed by atoms with Crippen molar-refractivity contribution in [2.45, 2.75) is 31.8 Å². The number of hydrogen-bond donors (Lipinski definition) is 1. The lowest BCUT2D eigenvalue weighted by atomic mass is 9.78. The van der Waals surface area contributed by atoms with Crippen LogP contribution in [-0.4, -0.2) is 64.6 Å². The minimum absolute atomic E-state index is 0.357. The van der Waals surface area contributed by atoms with E-state index >= 15 is 0 Å². The molecular formula is C14H28N2O2. The first-order valence-corrected chi connectivity index (χ1v) is 7.23. The van der Waals surface area contributed by atoms with Gasteiger partial charge >= 0.3 is 0 Å². The van der Waals surface area contributed by atoms with Gasteiger partial charge < -0.3 is 19.7 Å². The van der Waals surface area contributed by atoms with Gasteiger partial charge in [-0.25, -0.2) is 0 Å². The number of ether oxygens (including phenoxy) is 2. The molecular weight excluding hydrogens is 228 g/mol. The Morgan fingerprint density at radius 3 is 2.72 bits per heavy atom. The van der Waals surface area contributed by atoms with Crippen LogP contribution in [-0.2, 0) is 9.47 Å². The number of nitrogens with one attached hydrogen (secondary N) is 1. The maximum absolute atomic E-state index is 5.52. The van der Waals surface area contributed by atoms with Gasteiger partial charge in [0.05, 0.1) is 12.7 Å². The van der Waals surface area contributed by atoms with Crippen LogP contribution in [0.5, 0.6) is 0 Å². The quantitative estimate of drug-likeness (QED) is 0.799. The Bertz CT molecular complexity index is 236. The Labute approximate surface area is 111 Å². The zero-order valence-electron chi connectivity index (χ0n) is 11.9. The number of piperidine rings is 2. The van der Waals surface area contributed by atoms with Crippen LogP contribution in [0.2, 0.25) is 0 Å². The third-order valence-corrected chi connectivity index (χ3v) is 4.47. The molecule has 2 aliphatic rings. The number of methoxy groups -OCH3 is 2. The Kier molecular flexibility index (Phi) is 5.42. The Morgan fingerprint density at radius 2 is 2.06 bits per heavy atom. The van der Waals surface area contributed by atoms with Crippen LogP contribution in [0.3, 0.4) is 0 Å². The molecule has 0 aromatic rings. The van der Waals surface area contributed by atoms with E-state index in [2.05, 4.69) is 10.2 Å². The van der Waals surface area contributed by atoms with Crippen molar-refractivity contribution in [1.82, 2.24) is 10.2 Å². The van der Waals surface area contributed by atoms with Crippen molar-refractivity contribution in [3.63, 3.8) is 0 Å². The molecule has 0 saturated carbocycles. The first kappa shape index (κ1) is 14.3. The predicted molar refractivity (Wildman–Crippen MR) is 72.9 cm³/mol. The highest BCUT2D eigenvalue weighted by Crippen LogP contribution is 2.31. The average molecular weight is 256 g/mol. The van der Waals surface area contributed by atoms with Gasteiger partial charge in [-0.15, -0.1) is 0 Å². The molecule has 0 aromatic heterocycles. The van der Waals surface area contributed by atoms with Crippen molar-refractivity contribution in [2.24, 2.45) is 5.41 Å². The maximum atomic E-state index is 5.52. The van der Waals surface area contributed by atoms with Crippen LogP contribution in [0.1, 0.15) is 25.7 Å². The number of rotatable bonds is 5. The largest absolute Gasteiger partial charge is 0.384 e. The minimum Gasteiger partial charge on any atom is -0.384 e. The van der Waals surface area contributed by atoms with Crippen LogP contribution in [0.25, 0.3) is 0 Å². The molecule has 1 N–H and O–H groups in total. The summed E-state index contributed by atoms with van der Waals surface area (Å²) >= 11 is 0. The molecule has 0 aliphatic carbocycles. The van der Waals surface area contributed by atoms with E-state index in [1.54, 1.807) is 0 Å². The second-order valence-corrected chi connectivity index (χ2v) is 5.92. The topological polar surface area (TPSA) is 33.7 Å². The SMILES string of the molecule is COCC1(CN2CCCC(OC)C2)CCNCC1. The zero-order valence-corrected chi connectivity index (χ0v) is 11.9. The molecule has 2 rings (SSSR count). The highest BCUT2D eigenvalue weighted by atomic mass is 16.5. The van der Waals surface area contributed by atoms with Crippen molar-refractivity contribution in [3.8, 4) is 0 Å². The van der Waals surface area contributed by atoms with Crippen molar-refractivity contribution in [3.05, 3.63) is 0 Å². The molecule has 0 spiro atoms. The second kappa shape index (κ2) is 6.85. The molecule has 0 bridgehead atoms. The normalized spacial score (nSPS) is 29.3. The van der Waals surface area contributed by atoms with Crippen LogP contribution in [0, 0.1) is 5.41 Å². The molecule has 0 amide bonds. The molecule has 2 aliphatic heterocycles. The third kappa shape index (κ3) is 3.67. The van der Waals surface area contributed by atoms with Gasteiger partial charge in [-0.1, -0.05) is 0 Å². The van der Waals surface area contributed by atoms with Crippen LogP contribution >= 0.6 is 0 Å². The summed E-state index contributed by atoms with van der Waals surface area (Å²) in [7, 11) is 3.67. The molecule has 106 valence electrons. The standard InChI is InChI=1S/C14H28N2O2/c1-17-12-14(5-7-15-8-6-14)11-16-9-3-4-13(10-16)18-2/h13,15H,3-12H2,1-2H3. The smallest absolute Gasteiger partial charge is 0.0698 e. The fourth-order valence-corrected chi connectivity index (χ4v) is 3.43. The van der Waals surface area contributed by atoms with E-state index in [0.29, 0.717) is 11.5 Å². The first-order chi connectivity index (χ1) is 8.78. The zero-order chi connectivity index (χ0) is 12.8. The molecule has 18 heavy (non-hydrogen) atoms. The van der Waals surface area contributed by atoms with Crippen LogP contribution in [0.4, 0.5) is 0 Å². The summed E-state index contributed by atoms with van der Waals surface area (Å²) in [6.45, 7) is 6.63. The summed E-state index contributed by atoms with van der Waals surface area (Å²) in [4.78, 5) is 2.59. The van der Waals surface area contributed by atoms with Crippen molar-refractivity contribution in [1.29, 1.82) is 0 Å². The lowest BCUT2D eigenvalue weighted by Crippen LogP contribution is -2.50. The summed E-state index contributed by atoms with van der Waals surface area (Å²) in [6.07, 6.45) is 5.37. The van der Waals surface area contributed by atoms with Gasteiger partial charge in [-0.2, -0.15) is 0 Å². The Balaban J connectivity index is 1.91. The van der Waals surface area contributed by atoms with Crippen molar-refractivity contribution < 1.29 is 9.47 Å². The molecule has 4 heteroatoms. The molecule has 4 nitrogen and oxygen atoms in total. The van der Waals surface area contributed by atoms with E-state index in [1.165, 1.54) is 38.8 Å². The van der Waals surface area contributed by atoms with E-state index in [4.69, 9.17) is 9.47 Å². The predicted octanol–water partition coefficient (Wildman–Crippen LogP) is 1.11. The molecule has 2 heterocycles. The summed E-state index contributed by atoms with van der Waals surface area (Å²) in [5.41, 5.74) is 0.357. The monoisotopic (exact) mass is 256 g/mol. The second-order valence-electron chi connectivity index (χ2n) is 5.92.